The average Bonchev–Trinajstić information content (AvgIpc) is 3.34. The van der Waals surface area contributed by atoms with Gasteiger partial charge in [0.15, 0.2) is 0 Å². The molecule has 2 fully saturated rings. The van der Waals surface area contributed by atoms with E-state index in [9.17, 15) is 19.2 Å². The minimum absolute atomic E-state index is 0.102. The number of nitrogens with zero attached hydrogens (tertiary/aromatic N) is 2. The van der Waals surface area contributed by atoms with E-state index in [1.54, 1.807) is 59.2 Å². The lowest BCUT2D eigenvalue weighted by atomic mass is 9.78. The molecular weight excluding hydrogens is 562 g/mol. The van der Waals surface area contributed by atoms with Crippen molar-refractivity contribution in [2.75, 3.05) is 31.1 Å². The Morgan fingerprint density at radius 3 is 2.57 bits per heavy atom. The summed E-state index contributed by atoms with van der Waals surface area (Å²) in [5.74, 6) is -3.28. The molecule has 2 saturated heterocycles. The topological polar surface area (TPSA) is 125 Å². The van der Waals surface area contributed by atoms with E-state index in [0.29, 0.717) is 36.5 Å². The largest absolute Gasteiger partial charge is 0.460 e. The average molecular weight is 600 g/mol. The Morgan fingerprint density at radius 2 is 1.81 bits per heavy atom. The number of nitrogens with one attached hydrogen (secondary N) is 1. The highest BCUT2D eigenvalue weighted by Crippen LogP contribution is 2.53. The molecule has 0 aliphatic carbocycles. The Kier molecular flexibility index (Phi) is 9.35. The standard InChI is InChI=1S/C31H38ClN3O7/c1-20-19-33-24(37)10-5-4-9-23-25(30(40)41-20)26-28(38)35(16-6-2-3-7-18-36)27-29(39)34(17-8-15-31(26,27)42-23)22-13-11-21(32)12-14-22/h4,8-9,11-15,20,23,25-27,36H,2-3,5-7,10,16-19H2,1H3,(H,33,37)/b9-4-/t20-,23-,25+,26+,27-,31+/m0/s1. The molecule has 4 heterocycles. The predicted molar refractivity (Wildman–Crippen MR) is 156 cm³/mol. The van der Waals surface area contributed by atoms with Crippen LogP contribution in [-0.4, -0.2) is 83.8 Å². The number of ether oxygens (including phenoxy) is 2. The molecule has 10 nitrogen and oxygen atoms in total. The number of halogens is 1. The van der Waals surface area contributed by atoms with E-state index in [1.165, 1.54) is 0 Å². The summed E-state index contributed by atoms with van der Waals surface area (Å²) in [7, 11) is 0. The molecule has 0 bridgehead atoms. The minimum Gasteiger partial charge on any atom is -0.460 e. The smallest absolute Gasteiger partial charge is 0.313 e. The number of unbranched alkanes of at least 4 members (excludes halogenated alkanes) is 3. The van der Waals surface area contributed by atoms with Crippen molar-refractivity contribution >= 4 is 41.0 Å². The fourth-order valence-corrected chi connectivity index (χ4v) is 6.63. The second kappa shape index (κ2) is 13.0. The molecule has 1 aromatic carbocycles. The van der Waals surface area contributed by atoms with Crippen molar-refractivity contribution in [3.05, 3.63) is 53.6 Å². The Labute approximate surface area is 250 Å². The Bertz CT molecular complexity index is 1250. The van der Waals surface area contributed by atoms with Crippen LogP contribution in [0.1, 0.15) is 45.4 Å². The number of fused-ring (bicyclic) bond motifs is 2. The first-order valence-electron chi connectivity index (χ1n) is 14.7. The van der Waals surface area contributed by atoms with Crippen LogP contribution in [0.4, 0.5) is 5.69 Å². The van der Waals surface area contributed by atoms with E-state index in [2.05, 4.69) is 5.32 Å². The molecule has 0 aromatic heterocycles. The summed E-state index contributed by atoms with van der Waals surface area (Å²) in [4.78, 5) is 57.8. The van der Waals surface area contributed by atoms with E-state index in [4.69, 9.17) is 26.2 Å². The first-order chi connectivity index (χ1) is 20.3. The van der Waals surface area contributed by atoms with Crippen molar-refractivity contribution in [2.45, 2.75) is 69.3 Å². The number of amides is 3. The maximum atomic E-state index is 14.4. The van der Waals surface area contributed by atoms with Crippen LogP contribution in [0.25, 0.3) is 0 Å². The number of cyclic esters (lactones) is 1. The van der Waals surface area contributed by atoms with Crippen molar-refractivity contribution in [1.29, 1.82) is 0 Å². The summed E-state index contributed by atoms with van der Waals surface area (Å²) < 4.78 is 12.4. The van der Waals surface area contributed by atoms with E-state index < -0.39 is 41.7 Å². The molecule has 6 atom stereocenters. The minimum atomic E-state index is -1.38. The fraction of sp³-hybridized carbons (Fsp3) is 0.548. The molecule has 2 N–H and O–H groups in total. The number of aliphatic hydroxyl groups is 1. The number of anilines is 1. The van der Waals surface area contributed by atoms with Gasteiger partial charge in [-0.1, -0.05) is 48.7 Å². The number of aliphatic hydroxyl groups excluding tert-OH is 1. The third kappa shape index (κ3) is 5.85. The quantitative estimate of drug-likeness (QED) is 0.280. The molecule has 1 spiro atoms. The van der Waals surface area contributed by atoms with Gasteiger partial charge in [-0.25, -0.2) is 0 Å². The van der Waals surface area contributed by atoms with Crippen LogP contribution in [0.3, 0.4) is 0 Å². The third-order valence-electron chi connectivity index (χ3n) is 8.48. The zero-order valence-electron chi connectivity index (χ0n) is 23.7. The van der Waals surface area contributed by atoms with Crippen molar-refractivity contribution < 1.29 is 33.8 Å². The lowest BCUT2D eigenvalue weighted by Crippen LogP contribution is -2.55. The Hall–Kier alpha value is -3.21. The molecule has 42 heavy (non-hydrogen) atoms. The van der Waals surface area contributed by atoms with Crippen molar-refractivity contribution in [1.82, 2.24) is 10.2 Å². The van der Waals surface area contributed by atoms with Crippen LogP contribution >= 0.6 is 11.6 Å². The highest BCUT2D eigenvalue weighted by Gasteiger charge is 2.71. The number of benzene rings is 1. The summed E-state index contributed by atoms with van der Waals surface area (Å²) in [6.07, 6.45) is 9.30. The number of rotatable bonds is 7. The van der Waals surface area contributed by atoms with Crippen LogP contribution < -0.4 is 10.2 Å². The molecule has 4 aliphatic heterocycles. The number of hydrogen-bond donors (Lipinski definition) is 2. The van der Waals surface area contributed by atoms with Gasteiger partial charge >= 0.3 is 5.97 Å². The van der Waals surface area contributed by atoms with Crippen LogP contribution in [0.2, 0.25) is 5.02 Å². The lowest BCUT2D eigenvalue weighted by Gasteiger charge is -2.35. The van der Waals surface area contributed by atoms with Gasteiger partial charge < -0.3 is 29.7 Å². The maximum absolute atomic E-state index is 14.4. The van der Waals surface area contributed by atoms with Crippen LogP contribution in [0, 0.1) is 11.8 Å². The first-order valence-corrected chi connectivity index (χ1v) is 15.1. The normalized spacial score (nSPS) is 32.2. The van der Waals surface area contributed by atoms with Gasteiger partial charge in [0.2, 0.25) is 11.8 Å². The highest BCUT2D eigenvalue weighted by atomic mass is 35.5. The number of carbonyl (C=O) groups is 4. The summed E-state index contributed by atoms with van der Waals surface area (Å²) >= 11 is 6.11. The molecule has 1 aromatic rings. The van der Waals surface area contributed by atoms with E-state index in [0.717, 1.165) is 12.8 Å². The van der Waals surface area contributed by atoms with Gasteiger partial charge in [0, 0.05) is 36.8 Å². The van der Waals surface area contributed by atoms with Crippen molar-refractivity contribution in [3.63, 3.8) is 0 Å². The molecule has 0 saturated carbocycles. The zero-order valence-corrected chi connectivity index (χ0v) is 24.5. The van der Waals surface area contributed by atoms with Crippen LogP contribution in [-0.2, 0) is 28.7 Å². The summed E-state index contributed by atoms with van der Waals surface area (Å²) in [5.41, 5.74) is -0.740. The van der Waals surface area contributed by atoms with Gasteiger partial charge in [0.25, 0.3) is 5.91 Å². The first kappa shape index (κ1) is 30.3. The van der Waals surface area contributed by atoms with Crippen LogP contribution in [0.5, 0.6) is 0 Å². The van der Waals surface area contributed by atoms with Gasteiger partial charge in [-0.15, -0.1) is 0 Å². The molecule has 0 radical (unpaired) electrons. The van der Waals surface area contributed by atoms with Gasteiger partial charge in [-0.05, 0) is 50.5 Å². The number of likely N-dealkylation sites (tertiary alicyclic amines) is 1. The molecule has 4 aliphatic rings. The van der Waals surface area contributed by atoms with Gasteiger partial charge in [-0.3, -0.25) is 19.2 Å². The molecule has 226 valence electrons. The zero-order chi connectivity index (χ0) is 29.9. The van der Waals surface area contributed by atoms with E-state index >= 15 is 0 Å². The number of carbonyl (C=O) groups excluding carboxylic acids is 4. The van der Waals surface area contributed by atoms with Crippen molar-refractivity contribution in [2.24, 2.45) is 11.8 Å². The monoisotopic (exact) mass is 599 g/mol. The second-order valence-electron chi connectivity index (χ2n) is 11.4. The SMILES string of the molecule is C[C@H]1CNC(=O)CC/C=C\[C@@H]2O[C@@]34C=CCN(c5ccc(Cl)cc5)C(=O)[C@@H]3N(CCCCCCO)C(=O)[C@H]4[C@@H]2C(=O)O1. The molecule has 3 amide bonds. The number of allylic oxidation sites excluding steroid dienone is 1. The predicted octanol–water partition coefficient (Wildman–Crippen LogP) is 2.77. The molecular formula is C31H38ClN3O7. The van der Waals surface area contributed by atoms with Gasteiger partial charge in [-0.2, -0.15) is 0 Å². The summed E-state index contributed by atoms with van der Waals surface area (Å²) in [6, 6.07) is 5.95. The molecule has 0 unspecified atom stereocenters. The summed E-state index contributed by atoms with van der Waals surface area (Å²) in [6.45, 7) is 2.53. The number of hydrogen-bond acceptors (Lipinski definition) is 7. The van der Waals surface area contributed by atoms with Crippen LogP contribution in [0.15, 0.2) is 48.6 Å². The lowest BCUT2D eigenvalue weighted by molar-refractivity contribution is -0.158. The Balaban J connectivity index is 1.53. The molecule has 5 rings (SSSR count). The second-order valence-corrected chi connectivity index (χ2v) is 11.8. The Morgan fingerprint density at radius 1 is 1.05 bits per heavy atom. The highest BCUT2D eigenvalue weighted by molar-refractivity contribution is 6.30. The maximum Gasteiger partial charge on any atom is 0.313 e. The fourth-order valence-electron chi connectivity index (χ4n) is 6.50. The third-order valence-corrected chi connectivity index (χ3v) is 8.73. The van der Waals surface area contributed by atoms with E-state index in [-0.39, 0.29) is 43.8 Å². The van der Waals surface area contributed by atoms with Gasteiger partial charge in [0.1, 0.15) is 23.7 Å². The summed E-state index contributed by atoms with van der Waals surface area (Å²) in [5, 5.41) is 12.5. The van der Waals surface area contributed by atoms with E-state index in [1.807, 2.05) is 6.08 Å². The number of esters is 1. The van der Waals surface area contributed by atoms with Crippen molar-refractivity contribution in [3.8, 4) is 0 Å². The molecule has 11 heteroatoms. The van der Waals surface area contributed by atoms with Gasteiger partial charge in [0.05, 0.1) is 18.6 Å².